The van der Waals surface area contributed by atoms with E-state index in [2.05, 4.69) is 55.3 Å². The molecule has 1 N–H and O–H groups in total. The largest absolute Gasteiger partial charge is 0.404 e. The van der Waals surface area contributed by atoms with Crippen LogP contribution in [0.15, 0.2) is 102 Å². The Hall–Kier alpha value is -3.57. The van der Waals surface area contributed by atoms with E-state index in [4.69, 9.17) is 9.16 Å². The number of anilines is 1. The second-order valence-electron chi connectivity index (χ2n) is 10.8. The summed E-state index contributed by atoms with van der Waals surface area (Å²) in [4.78, 5) is 29.1. The van der Waals surface area contributed by atoms with Gasteiger partial charge in [0.1, 0.15) is 11.7 Å². The van der Waals surface area contributed by atoms with Gasteiger partial charge >= 0.3 is 5.69 Å². The van der Waals surface area contributed by atoms with E-state index in [1.807, 2.05) is 36.4 Å². The predicted octanol–water partition coefficient (Wildman–Crippen LogP) is 4.80. The number of ether oxygens (including phenoxy) is 1. The number of carbonyl (C=O) groups excluding carboxylic acids is 1. The molecular formula is C31H32FN3O4SSi. The Labute approximate surface area is 243 Å². The zero-order chi connectivity index (χ0) is 29.0. The first-order valence-corrected chi connectivity index (χ1v) is 16.3. The van der Waals surface area contributed by atoms with Crippen LogP contribution in [0.5, 0.6) is 0 Å². The summed E-state index contributed by atoms with van der Waals surface area (Å²) >= 11 is 1.51. The molecule has 41 heavy (non-hydrogen) atoms. The third-order valence-electron chi connectivity index (χ3n) is 7.07. The normalized spacial score (nSPS) is 17.4. The van der Waals surface area contributed by atoms with Crippen LogP contribution in [0.3, 0.4) is 0 Å². The summed E-state index contributed by atoms with van der Waals surface area (Å²) in [7, 11) is -2.76. The zero-order valence-electron chi connectivity index (χ0n) is 23.1. The molecule has 1 aromatic heterocycles. The molecule has 2 heterocycles. The first-order valence-electron chi connectivity index (χ1n) is 13.4. The van der Waals surface area contributed by atoms with Crippen molar-refractivity contribution in [1.29, 1.82) is 0 Å². The van der Waals surface area contributed by atoms with Gasteiger partial charge in [-0.3, -0.25) is 9.36 Å². The van der Waals surface area contributed by atoms with Crippen molar-refractivity contribution >= 4 is 42.2 Å². The van der Waals surface area contributed by atoms with Crippen LogP contribution >= 0.6 is 11.8 Å². The standard InChI is InChI=1S/C31H32FN3O4SSi/c1-31(2,3)41(23-15-9-5-10-16-23,24-17-11-6-12-18-24)38-20-27-39-26(21-40-27)35-19-25(32)28(34-30(35)37)33-29(36)22-13-7-4-8-14-22/h4-19,26-27H,20-21H2,1-3H3,(H,33,34,36,37)/t26-,27-/m1/s1. The number of hydrogen-bond acceptors (Lipinski definition) is 6. The molecule has 1 fully saturated rings. The van der Waals surface area contributed by atoms with Gasteiger partial charge in [-0.05, 0) is 27.5 Å². The number of thioether (sulfide) groups is 1. The Morgan fingerprint density at radius 1 is 1.02 bits per heavy atom. The monoisotopic (exact) mass is 589 g/mol. The van der Waals surface area contributed by atoms with E-state index in [-0.39, 0.29) is 10.5 Å². The lowest BCUT2D eigenvalue weighted by Gasteiger charge is -2.43. The second kappa shape index (κ2) is 12.1. The summed E-state index contributed by atoms with van der Waals surface area (Å²) in [5, 5.41) is 4.51. The molecule has 0 bridgehead atoms. The number of carbonyl (C=O) groups is 1. The average molecular weight is 590 g/mol. The highest BCUT2D eigenvalue weighted by molar-refractivity contribution is 8.00. The van der Waals surface area contributed by atoms with Crippen LogP contribution in [0, 0.1) is 5.82 Å². The Kier molecular flexibility index (Phi) is 8.55. The van der Waals surface area contributed by atoms with Gasteiger partial charge in [-0.25, -0.2) is 9.18 Å². The van der Waals surface area contributed by atoms with Crippen LogP contribution in [0.1, 0.15) is 37.4 Å². The highest BCUT2D eigenvalue weighted by Crippen LogP contribution is 2.38. The van der Waals surface area contributed by atoms with E-state index >= 15 is 0 Å². The number of amides is 1. The first-order chi connectivity index (χ1) is 19.7. The molecule has 0 saturated carbocycles. The van der Waals surface area contributed by atoms with Crippen molar-refractivity contribution in [1.82, 2.24) is 9.55 Å². The molecule has 5 rings (SSSR count). The van der Waals surface area contributed by atoms with Gasteiger partial charge in [0.05, 0.1) is 12.8 Å². The van der Waals surface area contributed by atoms with E-state index < -0.39 is 37.8 Å². The highest BCUT2D eigenvalue weighted by Gasteiger charge is 2.50. The second-order valence-corrected chi connectivity index (χ2v) is 16.3. The van der Waals surface area contributed by atoms with Gasteiger partial charge in [-0.15, -0.1) is 11.8 Å². The maximum atomic E-state index is 14.9. The van der Waals surface area contributed by atoms with Crippen LogP contribution < -0.4 is 21.4 Å². The molecule has 2 atom stereocenters. The minimum absolute atomic E-state index is 0.192. The van der Waals surface area contributed by atoms with E-state index in [0.717, 1.165) is 21.1 Å². The van der Waals surface area contributed by atoms with Crippen LogP contribution in [0.2, 0.25) is 5.04 Å². The van der Waals surface area contributed by atoms with Gasteiger partial charge in [-0.2, -0.15) is 4.98 Å². The maximum Gasteiger partial charge on any atom is 0.351 e. The van der Waals surface area contributed by atoms with Crippen LogP contribution in [-0.4, -0.2) is 41.6 Å². The van der Waals surface area contributed by atoms with Crippen molar-refractivity contribution in [2.45, 2.75) is 37.5 Å². The summed E-state index contributed by atoms with van der Waals surface area (Å²) in [5.41, 5.74) is -0.750. The predicted molar refractivity (Wildman–Crippen MR) is 163 cm³/mol. The Morgan fingerprint density at radius 2 is 1.59 bits per heavy atom. The minimum Gasteiger partial charge on any atom is -0.404 e. The highest BCUT2D eigenvalue weighted by atomic mass is 32.2. The summed E-state index contributed by atoms with van der Waals surface area (Å²) < 4.78 is 29.2. The first kappa shape index (κ1) is 28.9. The Bertz CT molecular complexity index is 1510. The zero-order valence-corrected chi connectivity index (χ0v) is 24.9. The maximum absolute atomic E-state index is 14.9. The van der Waals surface area contributed by atoms with Gasteiger partial charge in [0, 0.05) is 11.3 Å². The molecule has 0 spiro atoms. The van der Waals surface area contributed by atoms with Crippen molar-refractivity contribution in [2.24, 2.45) is 0 Å². The summed E-state index contributed by atoms with van der Waals surface area (Å²) in [5.74, 6) is -1.37. The molecule has 1 aliphatic heterocycles. The van der Waals surface area contributed by atoms with Crippen LogP contribution in [0.25, 0.3) is 0 Å². The van der Waals surface area contributed by atoms with Crippen molar-refractivity contribution in [3.8, 4) is 0 Å². The molecule has 1 amide bonds. The third-order valence-corrected chi connectivity index (χ3v) is 13.2. The van der Waals surface area contributed by atoms with E-state index in [1.54, 1.807) is 30.3 Å². The molecule has 1 aliphatic rings. The van der Waals surface area contributed by atoms with Crippen LogP contribution in [-0.2, 0) is 9.16 Å². The number of benzene rings is 3. The Morgan fingerprint density at radius 3 is 2.15 bits per heavy atom. The van der Waals surface area contributed by atoms with Crippen LogP contribution in [0.4, 0.5) is 10.2 Å². The van der Waals surface area contributed by atoms with Crippen molar-refractivity contribution in [3.05, 3.63) is 119 Å². The van der Waals surface area contributed by atoms with Crippen molar-refractivity contribution < 1.29 is 18.3 Å². The number of rotatable bonds is 8. The van der Waals surface area contributed by atoms with Crippen molar-refractivity contribution in [3.63, 3.8) is 0 Å². The SMILES string of the molecule is CC(C)(C)[Si](OC[C@@H]1O[C@@H](n2cc(F)c(NC(=O)c3ccccc3)nc2=O)CS1)(c1ccccc1)c1ccccc1. The quantitative estimate of drug-likeness (QED) is 0.298. The van der Waals surface area contributed by atoms with Gasteiger partial charge in [0.25, 0.3) is 14.2 Å². The number of nitrogens with one attached hydrogen (secondary N) is 1. The van der Waals surface area contributed by atoms with Crippen molar-refractivity contribution in [2.75, 3.05) is 17.7 Å². The van der Waals surface area contributed by atoms with E-state index in [9.17, 15) is 14.0 Å². The number of halogens is 1. The molecule has 212 valence electrons. The third kappa shape index (κ3) is 6.06. The molecule has 0 unspecified atom stereocenters. The Balaban J connectivity index is 1.33. The van der Waals surface area contributed by atoms with Gasteiger partial charge in [0.2, 0.25) is 0 Å². The van der Waals surface area contributed by atoms with Gasteiger partial charge in [0.15, 0.2) is 11.6 Å². The summed E-state index contributed by atoms with van der Waals surface area (Å²) in [6.07, 6.45) is 0.313. The van der Waals surface area contributed by atoms with E-state index in [1.165, 1.54) is 11.8 Å². The minimum atomic E-state index is -2.76. The summed E-state index contributed by atoms with van der Waals surface area (Å²) in [6.45, 7) is 6.91. The molecular weight excluding hydrogens is 558 g/mol. The lowest BCUT2D eigenvalue weighted by atomic mass is 10.2. The average Bonchev–Trinajstić information content (AvgIpc) is 3.45. The van der Waals surface area contributed by atoms with Gasteiger partial charge < -0.3 is 14.5 Å². The van der Waals surface area contributed by atoms with Gasteiger partial charge in [-0.1, -0.05) is 99.6 Å². The summed E-state index contributed by atoms with van der Waals surface area (Å²) in [6, 6.07) is 29.0. The van der Waals surface area contributed by atoms with E-state index in [0.29, 0.717) is 17.9 Å². The fraction of sp³-hybridized carbons (Fsp3) is 0.258. The fourth-order valence-corrected chi connectivity index (χ4v) is 10.8. The number of aromatic nitrogens is 2. The molecule has 7 nitrogen and oxygen atoms in total. The lowest BCUT2D eigenvalue weighted by Crippen LogP contribution is -2.67. The molecule has 4 aromatic rings. The lowest BCUT2D eigenvalue weighted by molar-refractivity contribution is -0.00399. The smallest absolute Gasteiger partial charge is 0.351 e. The molecule has 3 aromatic carbocycles. The fourth-order valence-electron chi connectivity index (χ4n) is 5.14. The molecule has 10 heteroatoms. The molecule has 0 aliphatic carbocycles. The molecule has 0 radical (unpaired) electrons. The molecule has 1 saturated heterocycles. The number of nitrogens with zero attached hydrogens (tertiary/aromatic N) is 2. The number of hydrogen-bond donors (Lipinski definition) is 1. The topological polar surface area (TPSA) is 82.4 Å².